The molecule has 0 saturated heterocycles. The molecule has 3 rings (SSSR count). The molecule has 0 unspecified atom stereocenters. The van der Waals surface area contributed by atoms with E-state index in [0.29, 0.717) is 33.9 Å². The maximum absolute atomic E-state index is 12.6. The Morgan fingerprint density at radius 1 is 1.16 bits per heavy atom. The van der Waals surface area contributed by atoms with Crippen LogP contribution < -0.4 is 10.3 Å². The van der Waals surface area contributed by atoms with Gasteiger partial charge in [0.05, 0.1) is 29.3 Å². The number of ether oxygens (including phenoxy) is 1. The molecule has 0 N–H and O–H groups in total. The Hall–Kier alpha value is -2.60. The predicted molar refractivity (Wildman–Crippen MR) is 99.7 cm³/mol. The van der Waals surface area contributed by atoms with Crippen LogP contribution in [0.4, 0.5) is 0 Å². The molecule has 2 aromatic carbocycles. The zero-order valence-corrected chi connectivity index (χ0v) is 14.9. The van der Waals surface area contributed by atoms with Crippen LogP contribution in [-0.2, 0) is 6.54 Å². The first-order valence-corrected chi connectivity index (χ1v) is 8.93. The first-order valence-electron chi connectivity index (χ1n) is 7.94. The Bertz CT molecular complexity index is 982. The highest BCUT2D eigenvalue weighted by Crippen LogP contribution is 2.23. The van der Waals surface area contributed by atoms with E-state index < -0.39 is 0 Å². The molecule has 128 valence electrons. The number of nitrogens with zero attached hydrogens (tertiary/aromatic N) is 2. The van der Waals surface area contributed by atoms with Gasteiger partial charge in [-0.2, -0.15) is 0 Å². The number of benzene rings is 2. The van der Waals surface area contributed by atoms with Gasteiger partial charge in [0.2, 0.25) is 0 Å². The highest BCUT2D eigenvalue weighted by molar-refractivity contribution is 7.99. The fourth-order valence-corrected chi connectivity index (χ4v) is 3.57. The van der Waals surface area contributed by atoms with Gasteiger partial charge in [-0.05, 0) is 31.2 Å². The Kier molecular flexibility index (Phi) is 5.19. The number of hydrogen-bond acceptors (Lipinski definition) is 5. The number of fused-ring (bicyclic) bond motifs is 1. The van der Waals surface area contributed by atoms with Gasteiger partial charge in [0.25, 0.3) is 5.56 Å². The third-order valence-corrected chi connectivity index (χ3v) is 4.86. The summed E-state index contributed by atoms with van der Waals surface area (Å²) in [6.07, 6.45) is 0. The molecule has 0 saturated carbocycles. The van der Waals surface area contributed by atoms with Crippen LogP contribution in [0.3, 0.4) is 0 Å². The van der Waals surface area contributed by atoms with E-state index in [2.05, 4.69) is 4.98 Å². The minimum Gasteiger partial charge on any atom is -0.496 e. The molecule has 1 aromatic heterocycles. The van der Waals surface area contributed by atoms with E-state index in [1.165, 1.54) is 11.8 Å². The first kappa shape index (κ1) is 17.2. The standard InChI is InChI=1S/C19H18N2O3S/c1-3-21-18(23)13-8-4-6-10-15(13)20-19(21)25-12-16(22)14-9-5-7-11-17(14)24-2/h4-11H,3,12H2,1-2H3. The number of carbonyl (C=O) groups is 1. The molecule has 0 fully saturated rings. The molecule has 0 aliphatic carbocycles. The van der Waals surface area contributed by atoms with Crippen LogP contribution in [0.5, 0.6) is 5.75 Å². The second-order valence-corrected chi connectivity index (χ2v) is 6.32. The fraction of sp³-hybridized carbons (Fsp3) is 0.211. The maximum atomic E-state index is 12.6. The van der Waals surface area contributed by atoms with Crippen molar-refractivity contribution in [3.05, 3.63) is 64.4 Å². The van der Waals surface area contributed by atoms with Gasteiger partial charge in [-0.3, -0.25) is 14.2 Å². The van der Waals surface area contributed by atoms with Crippen molar-refractivity contribution in [2.45, 2.75) is 18.6 Å². The average molecular weight is 354 g/mol. The summed E-state index contributed by atoms with van der Waals surface area (Å²) in [7, 11) is 1.54. The quantitative estimate of drug-likeness (QED) is 0.386. The average Bonchev–Trinajstić information content (AvgIpc) is 2.66. The number of rotatable bonds is 6. The van der Waals surface area contributed by atoms with E-state index >= 15 is 0 Å². The van der Waals surface area contributed by atoms with Crippen molar-refractivity contribution in [2.75, 3.05) is 12.9 Å². The lowest BCUT2D eigenvalue weighted by Crippen LogP contribution is -2.22. The molecule has 1 heterocycles. The summed E-state index contributed by atoms with van der Waals surface area (Å²) in [4.78, 5) is 29.7. The van der Waals surface area contributed by atoms with Gasteiger partial charge < -0.3 is 4.74 Å². The van der Waals surface area contributed by atoms with Gasteiger partial charge in [0, 0.05) is 6.54 Å². The summed E-state index contributed by atoms with van der Waals surface area (Å²) in [6.45, 7) is 2.39. The van der Waals surface area contributed by atoms with Gasteiger partial charge >= 0.3 is 0 Å². The van der Waals surface area contributed by atoms with E-state index in [4.69, 9.17) is 4.74 Å². The zero-order valence-electron chi connectivity index (χ0n) is 14.1. The normalized spacial score (nSPS) is 10.8. The number of carbonyl (C=O) groups excluding carboxylic acids is 1. The van der Waals surface area contributed by atoms with Crippen molar-refractivity contribution >= 4 is 28.4 Å². The van der Waals surface area contributed by atoms with Crippen molar-refractivity contribution in [1.82, 2.24) is 9.55 Å². The Morgan fingerprint density at radius 3 is 2.64 bits per heavy atom. The van der Waals surface area contributed by atoms with Crippen molar-refractivity contribution in [3.63, 3.8) is 0 Å². The van der Waals surface area contributed by atoms with Gasteiger partial charge in [-0.25, -0.2) is 4.98 Å². The molecule has 0 spiro atoms. The molecule has 5 nitrogen and oxygen atoms in total. The number of thioether (sulfide) groups is 1. The molecule has 0 bridgehead atoms. The first-order chi connectivity index (χ1) is 12.2. The third-order valence-electron chi connectivity index (χ3n) is 3.88. The monoisotopic (exact) mass is 354 g/mol. The molecule has 3 aromatic rings. The minimum absolute atomic E-state index is 0.0625. The van der Waals surface area contributed by atoms with Gasteiger partial charge in [-0.1, -0.05) is 36.0 Å². The van der Waals surface area contributed by atoms with E-state index in [-0.39, 0.29) is 17.1 Å². The molecule has 0 aliphatic heterocycles. The second-order valence-electron chi connectivity index (χ2n) is 5.37. The Balaban J connectivity index is 1.90. The maximum Gasteiger partial charge on any atom is 0.262 e. The molecule has 0 amide bonds. The van der Waals surface area contributed by atoms with E-state index in [0.717, 1.165) is 0 Å². The summed E-state index contributed by atoms with van der Waals surface area (Å²) >= 11 is 1.27. The van der Waals surface area contributed by atoms with Gasteiger partial charge in [-0.15, -0.1) is 0 Å². The lowest BCUT2D eigenvalue weighted by atomic mass is 10.1. The van der Waals surface area contributed by atoms with E-state index in [9.17, 15) is 9.59 Å². The molecule has 6 heteroatoms. The molecule has 25 heavy (non-hydrogen) atoms. The summed E-state index contributed by atoms with van der Waals surface area (Å²) in [5.41, 5.74) is 1.09. The van der Waals surface area contributed by atoms with Crippen LogP contribution in [0.2, 0.25) is 0 Å². The Labute approximate surface area is 149 Å². The summed E-state index contributed by atoms with van der Waals surface area (Å²) in [5, 5.41) is 1.14. The summed E-state index contributed by atoms with van der Waals surface area (Å²) in [5.74, 6) is 0.672. The lowest BCUT2D eigenvalue weighted by Gasteiger charge is -2.11. The number of para-hydroxylation sites is 2. The number of ketones is 1. The number of hydrogen-bond donors (Lipinski definition) is 0. The number of Topliss-reactive ketones (excluding diaryl/α,β-unsaturated/α-hetero) is 1. The van der Waals surface area contributed by atoms with Crippen molar-refractivity contribution < 1.29 is 9.53 Å². The van der Waals surface area contributed by atoms with Crippen LogP contribution >= 0.6 is 11.8 Å². The highest BCUT2D eigenvalue weighted by atomic mass is 32.2. The van der Waals surface area contributed by atoms with E-state index in [1.54, 1.807) is 35.9 Å². The van der Waals surface area contributed by atoms with Crippen molar-refractivity contribution in [3.8, 4) is 5.75 Å². The van der Waals surface area contributed by atoms with Crippen LogP contribution in [0, 0.1) is 0 Å². The highest BCUT2D eigenvalue weighted by Gasteiger charge is 2.15. The largest absolute Gasteiger partial charge is 0.496 e. The van der Waals surface area contributed by atoms with Crippen molar-refractivity contribution in [1.29, 1.82) is 0 Å². The molecular formula is C19H18N2O3S. The third kappa shape index (κ3) is 3.44. The number of aromatic nitrogens is 2. The van der Waals surface area contributed by atoms with Gasteiger partial charge in [0.15, 0.2) is 10.9 Å². The van der Waals surface area contributed by atoms with Crippen LogP contribution in [-0.4, -0.2) is 28.2 Å². The van der Waals surface area contributed by atoms with Crippen molar-refractivity contribution in [2.24, 2.45) is 0 Å². The van der Waals surface area contributed by atoms with Gasteiger partial charge in [0.1, 0.15) is 5.75 Å². The predicted octanol–water partition coefficient (Wildman–Crippen LogP) is 3.40. The zero-order chi connectivity index (χ0) is 17.8. The minimum atomic E-state index is -0.0830. The fourth-order valence-electron chi connectivity index (χ4n) is 2.62. The molecule has 0 aliphatic rings. The Morgan fingerprint density at radius 2 is 1.88 bits per heavy atom. The molecule has 0 atom stereocenters. The smallest absolute Gasteiger partial charge is 0.262 e. The molecular weight excluding hydrogens is 336 g/mol. The van der Waals surface area contributed by atoms with E-state index in [1.807, 2.05) is 31.2 Å². The second kappa shape index (κ2) is 7.53. The van der Waals surface area contributed by atoms with Crippen LogP contribution in [0.25, 0.3) is 10.9 Å². The molecule has 0 radical (unpaired) electrons. The SMILES string of the molecule is CCn1c(SCC(=O)c2ccccc2OC)nc2ccccc2c1=O. The summed E-state index contributed by atoms with van der Waals surface area (Å²) < 4.78 is 6.84. The number of methoxy groups -OCH3 is 1. The van der Waals surface area contributed by atoms with Crippen LogP contribution in [0.15, 0.2) is 58.5 Å². The lowest BCUT2D eigenvalue weighted by molar-refractivity contribution is 0.101. The topological polar surface area (TPSA) is 61.2 Å². The van der Waals surface area contributed by atoms with Crippen LogP contribution in [0.1, 0.15) is 17.3 Å². The summed E-state index contributed by atoms with van der Waals surface area (Å²) in [6, 6.07) is 14.4.